The Morgan fingerprint density at radius 1 is 1.17 bits per heavy atom. The van der Waals surface area contributed by atoms with Crippen molar-refractivity contribution < 1.29 is 0 Å². The van der Waals surface area contributed by atoms with Crippen molar-refractivity contribution in [2.45, 2.75) is 45.6 Å². The number of fused-ring (bicyclic) bond motifs is 1. The monoisotopic (exact) mass is 170 g/mol. The maximum Gasteiger partial charge on any atom is 0.0483 e. The molecule has 2 rings (SSSR count). The maximum absolute atomic E-state index is 3.44. The molecule has 0 aromatic heterocycles. The van der Waals surface area contributed by atoms with E-state index in [0.29, 0.717) is 0 Å². The van der Waals surface area contributed by atoms with Gasteiger partial charge in [0.2, 0.25) is 0 Å². The lowest BCUT2D eigenvalue weighted by molar-refractivity contribution is 0.249. The SMILES string of the molecule is C1CNCN2CCCC2C1.CC. The van der Waals surface area contributed by atoms with Crippen LogP contribution in [0.4, 0.5) is 0 Å². The lowest BCUT2D eigenvalue weighted by Crippen LogP contribution is -2.34. The molecule has 0 bridgehead atoms. The second-order valence-corrected chi connectivity index (χ2v) is 3.41. The first kappa shape index (κ1) is 10.0. The van der Waals surface area contributed by atoms with Gasteiger partial charge in [0.25, 0.3) is 0 Å². The van der Waals surface area contributed by atoms with Gasteiger partial charge in [0.15, 0.2) is 0 Å². The van der Waals surface area contributed by atoms with Crippen molar-refractivity contribution in [1.29, 1.82) is 0 Å². The molecule has 0 amide bonds. The lowest BCUT2D eigenvalue weighted by Gasteiger charge is -2.20. The molecular formula is C10H22N2. The Labute approximate surface area is 76.3 Å². The largest absolute Gasteiger partial charge is 0.304 e. The Balaban J connectivity index is 0.000000336. The van der Waals surface area contributed by atoms with Crippen LogP contribution < -0.4 is 5.32 Å². The Bertz CT molecular complexity index is 102. The van der Waals surface area contributed by atoms with Crippen molar-refractivity contribution >= 4 is 0 Å². The summed E-state index contributed by atoms with van der Waals surface area (Å²) in [5.41, 5.74) is 0. The topological polar surface area (TPSA) is 15.3 Å². The molecule has 0 aliphatic carbocycles. The Morgan fingerprint density at radius 3 is 2.75 bits per heavy atom. The van der Waals surface area contributed by atoms with Gasteiger partial charge in [-0.3, -0.25) is 4.90 Å². The van der Waals surface area contributed by atoms with Crippen LogP contribution in [0.2, 0.25) is 0 Å². The van der Waals surface area contributed by atoms with Gasteiger partial charge in [-0.25, -0.2) is 0 Å². The summed E-state index contributed by atoms with van der Waals surface area (Å²) in [5, 5.41) is 3.44. The molecule has 0 saturated carbocycles. The molecule has 0 aromatic rings. The van der Waals surface area contributed by atoms with Gasteiger partial charge in [0.1, 0.15) is 0 Å². The molecule has 2 heteroatoms. The second-order valence-electron chi connectivity index (χ2n) is 3.41. The highest BCUT2D eigenvalue weighted by Gasteiger charge is 2.24. The predicted octanol–water partition coefficient (Wildman–Crippen LogP) is 1.82. The molecule has 2 aliphatic rings. The first-order chi connectivity index (χ1) is 5.97. The van der Waals surface area contributed by atoms with Crippen molar-refractivity contribution in [1.82, 2.24) is 10.2 Å². The summed E-state index contributed by atoms with van der Waals surface area (Å²) >= 11 is 0. The molecule has 2 aliphatic heterocycles. The highest BCUT2D eigenvalue weighted by Crippen LogP contribution is 2.21. The van der Waals surface area contributed by atoms with E-state index in [9.17, 15) is 0 Å². The highest BCUT2D eigenvalue weighted by atomic mass is 15.3. The average molecular weight is 170 g/mol. The molecular weight excluding hydrogens is 148 g/mol. The van der Waals surface area contributed by atoms with E-state index in [1.54, 1.807) is 0 Å². The van der Waals surface area contributed by atoms with Gasteiger partial charge in [-0.05, 0) is 38.8 Å². The Morgan fingerprint density at radius 2 is 1.92 bits per heavy atom. The summed E-state index contributed by atoms with van der Waals surface area (Å²) in [6.45, 7) is 7.70. The first-order valence-corrected chi connectivity index (χ1v) is 5.41. The van der Waals surface area contributed by atoms with E-state index in [0.717, 1.165) is 12.7 Å². The van der Waals surface area contributed by atoms with Crippen LogP contribution in [0.3, 0.4) is 0 Å². The summed E-state index contributed by atoms with van der Waals surface area (Å²) in [5.74, 6) is 0. The zero-order valence-electron chi connectivity index (χ0n) is 8.47. The summed E-state index contributed by atoms with van der Waals surface area (Å²) in [4.78, 5) is 2.59. The van der Waals surface area contributed by atoms with Crippen LogP contribution in [0, 0.1) is 0 Å². The molecule has 72 valence electrons. The lowest BCUT2D eigenvalue weighted by atomic mass is 10.1. The molecule has 2 nitrogen and oxygen atoms in total. The van der Waals surface area contributed by atoms with E-state index >= 15 is 0 Å². The fraction of sp³-hybridized carbons (Fsp3) is 1.00. The van der Waals surface area contributed by atoms with Crippen LogP contribution in [-0.2, 0) is 0 Å². The van der Waals surface area contributed by atoms with Crippen LogP contribution in [-0.4, -0.2) is 30.7 Å². The van der Waals surface area contributed by atoms with Crippen molar-refractivity contribution in [2.75, 3.05) is 19.8 Å². The summed E-state index contributed by atoms with van der Waals surface area (Å²) in [6, 6.07) is 0.926. The minimum absolute atomic E-state index is 0.926. The predicted molar refractivity (Wildman–Crippen MR) is 53.2 cm³/mol. The third-order valence-corrected chi connectivity index (χ3v) is 2.70. The fourth-order valence-corrected chi connectivity index (χ4v) is 2.12. The molecule has 2 fully saturated rings. The van der Waals surface area contributed by atoms with Crippen LogP contribution in [0.1, 0.15) is 39.5 Å². The van der Waals surface area contributed by atoms with E-state index in [1.807, 2.05) is 13.8 Å². The Hall–Kier alpha value is -0.0800. The van der Waals surface area contributed by atoms with Gasteiger partial charge in [-0.2, -0.15) is 0 Å². The number of hydrogen-bond donors (Lipinski definition) is 1. The normalized spacial score (nSPS) is 30.0. The van der Waals surface area contributed by atoms with Gasteiger partial charge >= 0.3 is 0 Å². The number of hydrogen-bond acceptors (Lipinski definition) is 2. The number of rotatable bonds is 0. The van der Waals surface area contributed by atoms with Crippen molar-refractivity contribution in [3.05, 3.63) is 0 Å². The zero-order chi connectivity index (χ0) is 8.81. The third-order valence-electron chi connectivity index (χ3n) is 2.70. The molecule has 1 N–H and O–H groups in total. The van der Waals surface area contributed by atoms with Gasteiger partial charge in [0, 0.05) is 12.7 Å². The third kappa shape index (κ3) is 2.46. The molecule has 0 radical (unpaired) electrons. The molecule has 1 unspecified atom stereocenters. The average Bonchev–Trinajstić information content (AvgIpc) is 2.46. The van der Waals surface area contributed by atoms with E-state index in [-0.39, 0.29) is 0 Å². The van der Waals surface area contributed by atoms with Gasteiger partial charge in [-0.15, -0.1) is 0 Å². The quantitative estimate of drug-likeness (QED) is 0.596. The highest BCUT2D eigenvalue weighted by molar-refractivity contribution is 4.80. The van der Waals surface area contributed by atoms with Crippen LogP contribution in [0.5, 0.6) is 0 Å². The van der Waals surface area contributed by atoms with E-state index < -0.39 is 0 Å². The van der Waals surface area contributed by atoms with Crippen molar-refractivity contribution in [2.24, 2.45) is 0 Å². The van der Waals surface area contributed by atoms with E-state index in [2.05, 4.69) is 10.2 Å². The molecule has 0 spiro atoms. The molecule has 2 saturated heterocycles. The number of nitrogens with one attached hydrogen (secondary N) is 1. The Kier molecular flexibility index (Phi) is 4.62. The second kappa shape index (κ2) is 5.55. The van der Waals surface area contributed by atoms with Crippen molar-refractivity contribution in [3.8, 4) is 0 Å². The minimum atomic E-state index is 0.926. The smallest absolute Gasteiger partial charge is 0.0483 e. The molecule has 0 aromatic carbocycles. The van der Waals surface area contributed by atoms with E-state index in [4.69, 9.17) is 0 Å². The van der Waals surface area contributed by atoms with Crippen LogP contribution in [0.25, 0.3) is 0 Å². The van der Waals surface area contributed by atoms with Gasteiger partial charge < -0.3 is 5.32 Å². The first-order valence-electron chi connectivity index (χ1n) is 5.41. The summed E-state index contributed by atoms with van der Waals surface area (Å²) in [6.07, 6.45) is 5.67. The molecule has 2 heterocycles. The van der Waals surface area contributed by atoms with Crippen LogP contribution >= 0.6 is 0 Å². The van der Waals surface area contributed by atoms with Gasteiger partial charge in [0.05, 0.1) is 0 Å². The van der Waals surface area contributed by atoms with E-state index in [1.165, 1.54) is 38.8 Å². The zero-order valence-corrected chi connectivity index (χ0v) is 8.47. The fourth-order valence-electron chi connectivity index (χ4n) is 2.12. The van der Waals surface area contributed by atoms with Crippen LogP contribution in [0.15, 0.2) is 0 Å². The van der Waals surface area contributed by atoms with Gasteiger partial charge in [-0.1, -0.05) is 13.8 Å². The molecule has 1 atom stereocenters. The minimum Gasteiger partial charge on any atom is -0.304 e. The van der Waals surface area contributed by atoms with Crippen molar-refractivity contribution in [3.63, 3.8) is 0 Å². The summed E-state index contributed by atoms with van der Waals surface area (Å²) in [7, 11) is 0. The summed E-state index contributed by atoms with van der Waals surface area (Å²) < 4.78 is 0. The maximum atomic E-state index is 3.44. The number of nitrogens with zero attached hydrogens (tertiary/aromatic N) is 1. The molecule has 12 heavy (non-hydrogen) atoms. The standard InChI is InChI=1S/C8H16N2.C2H6/c1-3-8-4-2-6-10(8)7-9-5-1;1-2/h8-9H,1-7H2;1-2H3.